The molecule has 0 aliphatic carbocycles. The number of piperidine rings is 1. The van der Waals surface area contributed by atoms with Gasteiger partial charge in [-0.1, -0.05) is 88.7 Å². The summed E-state index contributed by atoms with van der Waals surface area (Å²) in [6, 6.07) is 35.6. The third kappa shape index (κ3) is 22.0. The quantitative estimate of drug-likeness (QED) is 0.0532. The second-order valence-electron chi connectivity index (χ2n) is 22.9. The molecule has 3 N–H and O–H groups in total. The molecule has 12 rings (SSSR count). The number of hydrogen-bond acceptors (Lipinski definition) is 14. The van der Waals surface area contributed by atoms with Crippen molar-refractivity contribution in [2.24, 2.45) is 0 Å². The van der Waals surface area contributed by atoms with E-state index >= 15 is 0 Å². The van der Waals surface area contributed by atoms with Crippen LogP contribution in [0.15, 0.2) is 103 Å². The molecule has 0 spiro atoms. The summed E-state index contributed by atoms with van der Waals surface area (Å²) >= 11 is 3.00. The van der Waals surface area contributed by atoms with Crippen LogP contribution < -0.4 is 123 Å². The van der Waals surface area contributed by atoms with Gasteiger partial charge in [0.05, 0.1) is 30.8 Å². The number of benzene rings is 5. The van der Waals surface area contributed by atoms with E-state index in [1.54, 1.807) is 0 Å². The average molecular weight is 1340 g/mol. The number of aliphatic hydroxyl groups excluding tert-OH is 2. The molecule has 18 nitrogen and oxygen atoms in total. The molecule has 0 saturated carbocycles. The number of aromatic amines is 1. The number of β-amino-alcohol motifs (C(OH)–C–C–N with tert-alkyl or cyclic N) is 1. The minimum atomic E-state index is -0.181. The van der Waals surface area contributed by atoms with Gasteiger partial charge in [0.15, 0.2) is 11.4 Å². The zero-order valence-corrected chi connectivity index (χ0v) is 62.1. The van der Waals surface area contributed by atoms with E-state index in [-0.39, 0.29) is 136 Å². The number of aliphatic hydroxyl groups is 2. The summed E-state index contributed by atoms with van der Waals surface area (Å²) in [6.07, 6.45) is 8.52. The molecule has 7 aromatic rings. The van der Waals surface area contributed by atoms with Crippen molar-refractivity contribution in [3.05, 3.63) is 148 Å². The first kappa shape index (κ1) is 76.1. The number of amides is 2. The van der Waals surface area contributed by atoms with E-state index < -0.39 is 0 Å². The molecule has 5 aliphatic rings. The zero-order valence-electron chi connectivity index (χ0n) is 55.3. The Morgan fingerprint density at radius 2 is 0.933 bits per heavy atom. The summed E-state index contributed by atoms with van der Waals surface area (Å²) in [5, 5.41) is 39.6. The van der Waals surface area contributed by atoms with E-state index in [1.807, 2.05) is 56.9 Å². The van der Waals surface area contributed by atoms with Gasteiger partial charge in [0.2, 0.25) is 0 Å². The minimum Gasteiger partial charge on any atom is -1.00 e. The number of likely N-dealkylation sites (tertiary alicyclic amines) is 2. The van der Waals surface area contributed by atoms with Crippen molar-refractivity contribution in [3.63, 3.8) is 0 Å². The number of halogens is 1. The Bertz CT molecular complexity index is 3250. The number of aromatic nitrogens is 4. The maximum Gasteiger partial charge on any atom is 1.00 e. The first-order valence-electron chi connectivity index (χ1n) is 31.2. The van der Waals surface area contributed by atoms with Gasteiger partial charge in [0, 0.05) is 138 Å². The normalized spacial score (nSPS) is 15.7. The van der Waals surface area contributed by atoms with Gasteiger partial charge in [0.25, 0.3) is 18.3 Å². The van der Waals surface area contributed by atoms with Crippen LogP contribution >= 0.6 is 15.9 Å². The van der Waals surface area contributed by atoms with Crippen LogP contribution in [-0.2, 0) is 16.2 Å². The van der Waals surface area contributed by atoms with Gasteiger partial charge < -0.3 is 46.3 Å². The topological polar surface area (TPSA) is 193 Å². The van der Waals surface area contributed by atoms with E-state index in [2.05, 4.69) is 158 Å². The Morgan fingerprint density at radius 1 is 0.528 bits per heavy atom. The van der Waals surface area contributed by atoms with Gasteiger partial charge in [-0.15, -0.1) is 0 Å². The van der Waals surface area contributed by atoms with Crippen LogP contribution in [0.3, 0.4) is 0 Å². The van der Waals surface area contributed by atoms with E-state index in [0.29, 0.717) is 16.7 Å². The van der Waals surface area contributed by atoms with Crippen LogP contribution in [-0.4, -0.2) is 191 Å². The Labute approximate surface area is 623 Å². The Balaban J connectivity index is 0.000000256. The van der Waals surface area contributed by atoms with Gasteiger partial charge in [-0.05, 0) is 150 Å². The molecule has 2 aromatic heterocycles. The van der Waals surface area contributed by atoms with Crippen LogP contribution in [0.25, 0.3) is 21.8 Å². The number of H-pyrrole nitrogens is 1. The van der Waals surface area contributed by atoms with Crippen molar-refractivity contribution in [1.29, 1.82) is 0 Å². The third-order valence-corrected chi connectivity index (χ3v) is 17.7. The second kappa shape index (κ2) is 40.5. The molecule has 2 amide bonds. The van der Waals surface area contributed by atoms with Crippen molar-refractivity contribution >= 4 is 73.1 Å². The maximum atomic E-state index is 13.0. The Hall–Kier alpha value is -3.60. The van der Waals surface area contributed by atoms with Gasteiger partial charge in [0.1, 0.15) is 0 Å². The molecule has 21 heteroatoms. The number of anilines is 3. The van der Waals surface area contributed by atoms with Gasteiger partial charge in [-0.3, -0.25) is 34.0 Å². The van der Waals surface area contributed by atoms with Crippen LogP contribution in [0.1, 0.15) is 101 Å². The smallest absolute Gasteiger partial charge is 1.00 e. The number of carbonyl (C=O) groups is 3. The molecule has 0 atom stereocenters. The standard InChI is InChI=1S/C26H33N5O.C14H22N2O.C13H19N.C12H13N3O.C2H5BrO.CH2O3.2K.H/c1-20-8-7-11-23(21(20)2)29-17-14-28(15-18-29)16-19-31-24-10-4-3-9-22(24)25(27-31)26(32)30-12-5-6-13-30;1-12-4-3-5-14(13(12)2)16-8-6-15(7-9-16)10-11-17;1-11-7-6-8-13(12(11)2)14-9-4-3-5-10-14;16-12(15-7-3-4-8-15)11-9-5-1-2-6-10(9)13-14-11;3-1-2-4;2-1-4-3;;;/h3-4,7-11H,5-6,12-19H2,1-2H3;3-5,17H,6-11H2,1-2H3;6-8H,3-5,9-10H2,1-2H3;1-2,5-6H,3-4,7-8H2,(H,13,14);4H,1-2H2;1,3H;;;/q;;;;;;2*+1;-1/p-1. The fraction of sp³-hybridized carbons (Fsp3) is 0.485. The number of rotatable bonds is 12. The Morgan fingerprint density at radius 3 is 1.38 bits per heavy atom. The number of nitrogens with zero attached hydrogens (tertiary/aromatic N) is 10. The first-order valence-corrected chi connectivity index (χ1v) is 32.3. The number of hydrogen-bond donors (Lipinski definition) is 3. The van der Waals surface area contributed by atoms with E-state index in [4.69, 9.17) is 25.4 Å². The van der Waals surface area contributed by atoms with Crippen LogP contribution in [0.4, 0.5) is 17.1 Å². The molecule has 7 heterocycles. The molecular weight excluding hydrogens is 1240 g/mol. The summed E-state index contributed by atoms with van der Waals surface area (Å²) in [6.45, 7) is 30.4. The minimum absolute atomic E-state index is 0. The second-order valence-corrected chi connectivity index (χ2v) is 23.7. The number of alkyl halides is 1. The number of para-hydroxylation sites is 2. The number of nitrogens with one attached hydrogen (secondary N) is 1. The number of aryl methyl sites for hydroxylation is 3. The van der Waals surface area contributed by atoms with Gasteiger partial charge in [-0.25, -0.2) is 0 Å². The summed E-state index contributed by atoms with van der Waals surface area (Å²) in [4.78, 5) is 52.6. The van der Waals surface area contributed by atoms with Gasteiger partial charge in [-0.2, -0.15) is 10.2 Å². The van der Waals surface area contributed by atoms with Gasteiger partial charge >= 0.3 is 103 Å². The van der Waals surface area contributed by atoms with E-state index in [0.717, 1.165) is 146 Å². The van der Waals surface area contributed by atoms with Crippen LogP contribution in [0.2, 0.25) is 0 Å². The van der Waals surface area contributed by atoms with Crippen molar-refractivity contribution in [1.82, 2.24) is 39.6 Å². The molecule has 0 radical (unpaired) electrons. The van der Waals surface area contributed by atoms with Crippen LogP contribution in [0.5, 0.6) is 0 Å². The maximum absolute atomic E-state index is 13.0. The van der Waals surface area contributed by atoms with Crippen molar-refractivity contribution in [3.8, 4) is 0 Å². The molecule has 5 fully saturated rings. The number of fused-ring (bicyclic) bond motifs is 2. The summed E-state index contributed by atoms with van der Waals surface area (Å²) in [5.74, 6) is 0.134. The summed E-state index contributed by atoms with van der Waals surface area (Å²) < 4.78 is 2.04. The monoisotopic (exact) mass is 1330 g/mol. The Kier molecular flexibility index (Phi) is 34.6. The van der Waals surface area contributed by atoms with E-state index in [1.165, 1.54) is 82.8 Å². The number of carbonyl (C=O) groups excluding carboxylic acids is 3. The third-order valence-electron chi connectivity index (χ3n) is 17.3. The molecule has 5 saturated heterocycles. The largest absolute Gasteiger partial charge is 1.00 e. The van der Waals surface area contributed by atoms with E-state index in [9.17, 15) is 9.59 Å². The van der Waals surface area contributed by atoms with Crippen molar-refractivity contribution < 1.29 is 139 Å². The molecule has 0 bridgehead atoms. The predicted octanol–water partition coefficient (Wildman–Crippen LogP) is 3.15. The zero-order chi connectivity index (χ0) is 62.1. The molecule has 5 aliphatic heterocycles. The average Bonchev–Trinajstić information content (AvgIpc) is 1.88. The van der Waals surface area contributed by atoms with Crippen LogP contribution in [0, 0.1) is 41.5 Å². The molecule has 89 heavy (non-hydrogen) atoms. The fourth-order valence-electron chi connectivity index (χ4n) is 11.9. The number of piperazine rings is 2. The molecular formula is C68H94BrK2N11O7. The SMILES string of the molecule is Cc1cccc(N2CCCCC2)c1C.Cc1cccc(N2CCN(CCO)CC2)c1C.Cc1cccc(N2CCN(CCn3nc(C(=O)N4CCCC4)c4ccccc43)CC2)c1C.O=C(c1n[nH]c2ccccc12)N1CCCC1.O=CO[O-].OCCBr.[H-].[K+].[K+]. The summed E-state index contributed by atoms with van der Waals surface area (Å²) in [7, 11) is 0. The fourth-order valence-corrected chi connectivity index (χ4v) is 11.9. The molecule has 5 aromatic carbocycles. The molecule has 472 valence electrons. The molecule has 0 unspecified atom stereocenters. The van der Waals surface area contributed by atoms with Crippen molar-refractivity contribution in [2.45, 2.75) is 93.0 Å². The van der Waals surface area contributed by atoms with Crippen molar-refractivity contribution in [2.75, 3.05) is 138 Å². The first-order chi connectivity index (χ1) is 42.3. The summed E-state index contributed by atoms with van der Waals surface area (Å²) in [5.41, 5.74) is 15.7. The predicted molar refractivity (Wildman–Crippen MR) is 353 cm³/mol.